The van der Waals surface area contributed by atoms with E-state index in [2.05, 4.69) is 25.1 Å². The Morgan fingerprint density at radius 3 is 3.25 bits per heavy atom. The number of hydrogen-bond donors (Lipinski definition) is 1. The van der Waals surface area contributed by atoms with Gasteiger partial charge in [0.2, 0.25) is 5.28 Å². The maximum atomic E-state index is 5.78. The van der Waals surface area contributed by atoms with Crippen LogP contribution < -0.4 is 4.90 Å². The summed E-state index contributed by atoms with van der Waals surface area (Å²) in [6, 6.07) is 1.87. The lowest BCUT2D eigenvalue weighted by atomic mass is 10.1. The highest BCUT2D eigenvalue weighted by Crippen LogP contribution is 2.21. The van der Waals surface area contributed by atoms with Gasteiger partial charge in [-0.15, -0.1) is 0 Å². The molecule has 0 aromatic carbocycles. The number of aromatic amines is 1. The topological polar surface area (TPSA) is 57.7 Å². The zero-order chi connectivity index (χ0) is 11.0. The van der Waals surface area contributed by atoms with E-state index in [0.717, 1.165) is 25.3 Å². The lowest BCUT2D eigenvalue weighted by Gasteiger charge is -2.27. The number of nitrogens with zero attached hydrogens (tertiary/aromatic N) is 4. The number of anilines is 1. The fourth-order valence-corrected chi connectivity index (χ4v) is 2.06. The van der Waals surface area contributed by atoms with Crippen molar-refractivity contribution in [2.45, 2.75) is 13.0 Å². The van der Waals surface area contributed by atoms with E-state index in [1.807, 2.05) is 12.3 Å². The van der Waals surface area contributed by atoms with Crippen LogP contribution in [0.5, 0.6) is 0 Å². The molecule has 2 aromatic rings. The summed E-state index contributed by atoms with van der Waals surface area (Å²) in [7, 11) is 0. The standard InChI is InChI=1S/C10H10ClN5/c11-10-12-3-1-9(14-10)16-4-2-8-7(6-16)5-13-15-8/h1,3,5H,2,4,6H2,(H,13,15). The first-order valence-corrected chi connectivity index (χ1v) is 5.45. The Bertz CT molecular complexity index is 509. The number of aromatic nitrogens is 4. The van der Waals surface area contributed by atoms with Gasteiger partial charge in [-0.05, 0) is 17.7 Å². The van der Waals surface area contributed by atoms with Gasteiger partial charge in [-0.2, -0.15) is 5.10 Å². The Hall–Kier alpha value is -1.62. The predicted octanol–water partition coefficient (Wildman–Crippen LogP) is 1.42. The van der Waals surface area contributed by atoms with Crippen LogP contribution in [-0.2, 0) is 13.0 Å². The van der Waals surface area contributed by atoms with E-state index in [1.165, 1.54) is 11.3 Å². The zero-order valence-electron chi connectivity index (χ0n) is 8.52. The molecule has 3 rings (SSSR count). The molecule has 0 saturated heterocycles. The average molecular weight is 236 g/mol. The van der Waals surface area contributed by atoms with Gasteiger partial charge in [-0.25, -0.2) is 9.97 Å². The van der Waals surface area contributed by atoms with E-state index in [4.69, 9.17) is 11.6 Å². The van der Waals surface area contributed by atoms with Crippen LogP contribution in [0.25, 0.3) is 0 Å². The first-order chi connectivity index (χ1) is 7.83. The molecule has 82 valence electrons. The van der Waals surface area contributed by atoms with E-state index in [9.17, 15) is 0 Å². The van der Waals surface area contributed by atoms with E-state index in [-0.39, 0.29) is 5.28 Å². The van der Waals surface area contributed by atoms with Crippen molar-refractivity contribution >= 4 is 17.4 Å². The largest absolute Gasteiger partial charge is 0.352 e. The molecule has 5 nitrogen and oxygen atoms in total. The third-order valence-electron chi connectivity index (χ3n) is 2.74. The maximum Gasteiger partial charge on any atom is 0.224 e. The molecule has 16 heavy (non-hydrogen) atoms. The Morgan fingerprint density at radius 1 is 1.44 bits per heavy atom. The molecule has 2 aromatic heterocycles. The van der Waals surface area contributed by atoms with Gasteiger partial charge in [0.05, 0.1) is 6.20 Å². The summed E-state index contributed by atoms with van der Waals surface area (Å²) in [4.78, 5) is 10.3. The van der Waals surface area contributed by atoms with Gasteiger partial charge >= 0.3 is 0 Å². The summed E-state index contributed by atoms with van der Waals surface area (Å²) in [5.41, 5.74) is 2.44. The summed E-state index contributed by atoms with van der Waals surface area (Å²) >= 11 is 5.78. The Balaban J connectivity index is 1.88. The normalized spacial score (nSPS) is 14.9. The number of nitrogens with one attached hydrogen (secondary N) is 1. The molecule has 0 bridgehead atoms. The fourth-order valence-electron chi connectivity index (χ4n) is 1.92. The molecule has 3 heterocycles. The maximum absolute atomic E-state index is 5.78. The first kappa shape index (κ1) is 9.59. The highest BCUT2D eigenvalue weighted by molar-refractivity contribution is 6.28. The number of halogens is 1. The lowest BCUT2D eigenvalue weighted by molar-refractivity contribution is 0.709. The van der Waals surface area contributed by atoms with E-state index in [1.54, 1.807) is 6.20 Å². The third kappa shape index (κ3) is 1.63. The van der Waals surface area contributed by atoms with Gasteiger partial charge < -0.3 is 4.90 Å². The fraction of sp³-hybridized carbons (Fsp3) is 0.300. The summed E-state index contributed by atoms with van der Waals surface area (Å²) in [6.07, 6.45) is 4.50. The summed E-state index contributed by atoms with van der Waals surface area (Å²) in [5.74, 6) is 0.867. The van der Waals surface area contributed by atoms with Crippen molar-refractivity contribution in [3.8, 4) is 0 Å². The van der Waals surface area contributed by atoms with Crippen LogP contribution >= 0.6 is 11.6 Å². The minimum absolute atomic E-state index is 0.287. The smallest absolute Gasteiger partial charge is 0.224 e. The second kappa shape index (κ2) is 3.75. The molecular formula is C10H10ClN5. The number of hydrogen-bond acceptors (Lipinski definition) is 4. The van der Waals surface area contributed by atoms with Crippen molar-refractivity contribution in [1.82, 2.24) is 20.2 Å². The minimum Gasteiger partial charge on any atom is -0.352 e. The predicted molar refractivity (Wildman–Crippen MR) is 60.4 cm³/mol. The lowest BCUT2D eigenvalue weighted by Crippen LogP contribution is -2.30. The van der Waals surface area contributed by atoms with E-state index < -0.39 is 0 Å². The summed E-state index contributed by atoms with van der Waals surface area (Å²) < 4.78 is 0. The molecule has 0 atom stereocenters. The van der Waals surface area contributed by atoms with Crippen LogP contribution in [0.2, 0.25) is 5.28 Å². The van der Waals surface area contributed by atoms with Crippen LogP contribution in [0.3, 0.4) is 0 Å². The van der Waals surface area contributed by atoms with Crippen LogP contribution in [0.1, 0.15) is 11.3 Å². The van der Waals surface area contributed by atoms with Crippen molar-refractivity contribution in [3.05, 3.63) is 35.0 Å². The van der Waals surface area contributed by atoms with Crippen molar-refractivity contribution < 1.29 is 0 Å². The highest BCUT2D eigenvalue weighted by atomic mass is 35.5. The molecule has 1 aliphatic heterocycles. The molecule has 6 heteroatoms. The van der Waals surface area contributed by atoms with Crippen molar-refractivity contribution in [3.63, 3.8) is 0 Å². The molecule has 0 fully saturated rings. The molecule has 0 unspecified atom stereocenters. The van der Waals surface area contributed by atoms with E-state index in [0.29, 0.717) is 0 Å². The van der Waals surface area contributed by atoms with Crippen molar-refractivity contribution in [1.29, 1.82) is 0 Å². The SMILES string of the molecule is Clc1nccc(N2CCc3[nH]ncc3C2)n1. The summed E-state index contributed by atoms with van der Waals surface area (Å²) in [6.45, 7) is 1.74. The Labute approximate surface area is 97.5 Å². The van der Waals surface area contributed by atoms with E-state index >= 15 is 0 Å². The molecule has 0 aliphatic carbocycles. The molecule has 0 radical (unpaired) electrons. The van der Waals surface area contributed by atoms with Gasteiger partial charge in [-0.3, -0.25) is 5.10 Å². The average Bonchev–Trinajstić information content (AvgIpc) is 2.75. The summed E-state index contributed by atoms with van der Waals surface area (Å²) in [5, 5.41) is 7.33. The minimum atomic E-state index is 0.287. The first-order valence-electron chi connectivity index (χ1n) is 5.07. The second-order valence-electron chi connectivity index (χ2n) is 3.73. The molecule has 1 aliphatic rings. The monoisotopic (exact) mass is 235 g/mol. The molecule has 1 N–H and O–H groups in total. The van der Waals surface area contributed by atoms with Gasteiger partial charge in [-0.1, -0.05) is 0 Å². The second-order valence-corrected chi connectivity index (χ2v) is 4.07. The van der Waals surface area contributed by atoms with Crippen LogP contribution in [0, 0.1) is 0 Å². The number of fused-ring (bicyclic) bond motifs is 1. The van der Waals surface area contributed by atoms with Crippen LogP contribution in [-0.4, -0.2) is 26.7 Å². The van der Waals surface area contributed by atoms with Gasteiger partial charge in [0.15, 0.2) is 0 Å². The van der Waals surface area contributed by atoms with Crippen molar-refractivity contribution in [2.75, 3.05) is 11.4 Å². The quantitative estimate of drug-likeness (QED) is 0.760. The number of H-pyrrole nitrogens is 1. The third-order valence-corrected chi connectivity index (χ3v) is 2.92. The zero-order valence-corrected chi connectivity index (χ0v) is 9.28. The molecule has 0 saturated carbocycles. The van der Waals surface area contributed by atoms with Gasteiger partial charge in [0, 0.05) is 37.0 Å². The Morgan fingerprint density at radius 2 is 2.38 bits per heavy atom. The van der Waals surface area contributed by atoms with Crippen LogP contribution in [0.4, 0.5) is 5.82 Å². The molecular weight excluding hydrogens is 226 g/mol. The molecule has 0 spiro atoms. The Kier molecular flexibility index (Phi) is 2.25. The van der Waals surface area contributed by atoms with Gasteiger partial charge in [0.25, 0.3) is 0 Å². The van der Waals surface area contributed by atoms with Crippen LogP contribution in [0.15, 0.2) is 18.5 Å². The van der Waals surface area contributed by atoms with Crippen molar-refractivity contribution in [2.24, 2.45) is 0 Å². The number of rotatable bonds is 1. The highest BCUT2D eigenvalue weighted by Gasteiger charge is 2.18. The van der Waals surface area contributed by atoms with Gasteiger partial charge in [0.1, 0.15) is 5.82 Å². The molecule has 0 amide bonds.